The van der Waals surface area contributed by atoms with Crippen LogP contribution in [0.1, 0.15) is 20.3 Å². The SMILES string of the molecule is C=CC(=O)OCCC(C)(C)Oc1ccccc1. The Labute approximate surface area is 102 Å². The minimum atomic E-state index is -0.402. The molecule has 0 bridgehead atoms. The van der Waals surface area contributed by atoms with Crippen molar-refractivity contribution in [2.45, 2.75) is 25.9 Å². The topological polar surface area (TPSA) is 35.5 Å². The molecular formula is C14H18O3. The van der Waals surface area contributed by atoms with Crippen molar-refractivity contribution in [1.82, 2.24) is 0 Å². The first-order valence-electron chi connectivity index (χ1n) is 5.57. The first kappa shape index (κ1) is 13.3. The molecule has 1 aromatic carbocycles. The maximum Gasteiger partial charge on any atom is 0.330 e. The average molecular weight is 234 g/mol. The van der Waals surface area contributed by atoms with Crippen molar-refractivity contribution in [1.29, 1.82) is 0 Å². The molecule has 0 radical (unpaired) electrons. The Morgan fingerprint density at radius 1 is 1.35 bits per heavy atom. The van der Waals surface area contributed by atoms with Crippen LogP contribution in [0.4, 0.5) is 0 Å². The van der Waals surface area contributed by atoms with Gasteiger partial charge >= 0.3 is 5.97 Å². The lowest BCUT2D eigenvalue weighted by Gasteiger charge is -2.26. The highest BCUT2D eigenvalue weighted by molar-refractivity contribution is 5.81. The van der Waals surface area contributed by atoms with Gasteiger partial charge in [-0.15, -0.1) is 0 Å². The lowest BCUT2D eigenvalue weighted by Crippen LogP contribution is -2.30. The van der Waals surface area contributed by atoms with Gasteiger partial charge in [-0.25, -0.2) is 4.79 Å². The number of para-hydroxylation sites is 1. The molecule has 0 saturated carbocycles. The monoisotopic (exact) mass is 234 g/mol. The Morgan fingerprint density at radius 2 is 2.00 bits per heavy atom. The zero-order valence-electron chi connectivity index (χ0n) is 10.3. The zero-order valence-corrected chi connectivity index (χ0v) is 10.3. The van der Waals surface area contributed by atoms with Gasteiger partial charge in [0.2, 0.25) is 0 Å². The molecule has 0 fully saturated rings. The molecule has 1 rings (SSSR count). The summed E-state index contributed by atoms with van der Waals surface area (Å²) in [6.07, 6.45) is 1.78. The fourth-order valence-electron chi connectivity index (χ4n) is 1.31. The lowest BCUT2D eigenvalue weighted by molar-refractivity contribution is -0.138. The van der Waals surface area contributed by atoms with Gasteiger partial charge in [-0.05, 0) is 26.0 Å². The molecule has 1 aromatic rings. The minimum absolute atomic E-state index is 0.324. The van der Waals surface area contributed by atoms with E-state index in [2.05, 4.69) is 6.58 Å². The second kappa shape index (κ2) is 6.09. The third-order valence-corrected chi connectivity index (χ3v) is 2.25. The first-order chi connectivity index (χ1) is 8.03. The molecule has 0 atom stereocenters. The highest BCUT2D eigenvalue weighted by Gasteiger charge is 2.20. The van der Waals surface area contributed by atoms with Crippen molar-refractivity contribution in [3.05, 3.63) is 43.0 Å². The minimum Gasteiger partial charge on any atom is -0.488 e. The van der Waals surface area contributed by atoms with E-state index in [1.54, 1.807) is 0 Å². The van der Waals surface area contributed by atoms with Crippen molar-refractivity contribution in [2.24, 2.45) is 0 Å². The molecule has 0 aromatic heterocycles. The molecule has 0 amide bonds. The number of rotatable bonds is 6. The van der Waals surface area contributed by atoms with Crippen LogP contribution in [0.15, 0.2) is 43.0 Å². The van der Waals surface area contributed by atoms with Crippen LogP contribution >= 0.6 is 0 Å². The number of benzene rings is 1. The summed E-state index contributed by atoms with van der Waals surface area (Å²) in [7, 11) is 0. The molecule has 0 spiro atoms. The van der Waals surface area contributed by atoms with Crippen LogP contribution < -0.4 is 4.74 Å². The van der Waals surface area contributed by atoms with Crippen molar-refractivity contribution in [3.8, 4) is 5.75 Å². The third kappa shape index (κ3) is 5.20. The van der Waals surface area contributed by atoms with E-state index in [4.69, 9.17) is 9.47 Å². The molecular weight excluding hydrogens is 216 g/mol. The van der Waals surface area contributed by atoms with Crippen LogP contribution in [-0.4, -0.2) is 18.2 Å². The Bertz CT molecular complexity index is 368. The van der Waals surface area contributed by atoms with E-state index in [9.17, 15) is 4.79 Å². The Morgan fingerprint density at radius 3 is 2.59 bits per heavy atom. The molecule has 3 nitrogen and oxygen atoms in total. The van der Waals surface area contributed by atoms with E-state index in [1.165, 1.54) is 0 Å². The van der Waals surface area contributed by atoms with Gasteiger partial charge < -0.3 is 9.47 Å². The van der Waals surface area contributed by atoms with Gasteiger partial charge in [-0.3, -0.25) is 0 Å². The fourth-order valence-corrected chi connectivity index (χ4v) is 1.31. The summed E-state index contributed by atoms with van der Waals surface area (Å²) in [6, 6.07) is 9.58. The van der Waals surface area contributed by atoms with E-state index in [1.807, 2.05) is 44.2 Å². The number of ether oxygens (including phenoxy) is 2. The fraction of sp³-hybridized carbons (Fsp3) is 0.357. The Balaban J connectivity index is 2.41. The predicted molar refractivity (Wildman–Crippen MR) is 66.9 cm³/mol. The van der Waals surface area contributed by atoms with Crippen molar-refractivity contribution in [2.75, 3.05) is 6.61 Å². The highest BCUT2D eigenvalue weighted by atomic mass is 16.5. The highest BCUT2D eigenvalue weighted by Crippen LogP contribution is 2.20. The van der Waals surface area contributed by atoms with E-state index in [-0.39, 0.29) is 5.60 Å². The van der Waals surface area contributed by atoms with Crippen molar-refractivity contribution >= 4 is 5.97 Å². The van der Waals surface area contributed by atoms with E-state index in [0.29, 0.717) is 13.0 Å². The maximum atomic E-state index is 10.9. The molecule has 0 aliphatic carbocycles. The number of carbonyl (C=O) groups is 1. The van der Waals surface area contributed by atoms with Crippen LogP contribution in [0.25, 0.3) is 0 Å². The summed E-state index contributed by atoms with van der Waals surface area (Å²) in [5, 5.41) is 0. The van der Waals surface area contributed by atoms with Crippen LogP contribution in [0.3, 0.4) is 0 Å². The van der Waals surface area contributed by atoms with Gasteiger partial charge in [-0.1, -0.05) is 24.8 Å². The van der Waals surface area contributed by atoms with Crippen molar-refractivity contribution < 1.29 is 14.3 Å². The van der Waals surface area contributed by atoms with Crippen LogP contribution in [0, 0.1) is 0 Å². The summed E-state index contributed by atoms with van der Waals surface area (Å²) in [5.74, 6) is 0.410. The summed E-state index contributed by atoms with van der Waals surface area (Å²) < 4.78 is 10.7. The molecule has 0 N–H and O–H groups in total. The first-order valence-corrected chi connectivity index (χ1v) is 5.57. The second-order valence-corrected chi connectivity index (χ2v) is 4.30. The van der Waals surface area contributed by atoms with Gasteiger partial charge in [0.25, 0.3) is 0 Å². The summed E-state index contributed by atoms with van der Waals surface area (Å²) in [6.45, 7) is 7.58. The average Bonchev–Trinajstić information content (AvgIpc) is 2.29. The zero-order chi connectivity index (χ0) is 12.7. The van der Waals surface area contributed by atoms with Crippen LogP contribution in [0.2, 0.25) is 0 Å². The molecule has 0 aliphatic rings. The number of hydrogen-bond donors (Lipinski definition) is 0. The van der Waals surface area contributed by atoms with E-state index < -0.39 is 5.97 Å². The molecule has 92 valence electrons. The third-order valence-electron chi connectivity index (χ3n) is 2.25. The number of carbonyl (C=O) groups excluding carboxylic acids is 1. The normalized spacial score (nSPS) is 10.7. The molecule has 3 heteroatoms. The summed E-state index contributed by atoms with van der Waals surface area (Å²) in [4.78, 5) is 10.9. The molecule has 17 heavy (non-hydrogen) atoms. The summed E-state index contributed by atoms with van der Waals surface area (Å²) in [5.41, 5.74) is -0.372. The van der Waals surface area contributed by atoms with E-state index >= 15 is 0 Å². The van der Waals surface area contributed by atoms with Crippen LogP contribution in [0.5, 0.6) is 5.75 Å². The van der Waals surface area contributed by atoms with Crippen molar-refractivity contribution in [3.63, 3.8) is 0 Å². The molecule has 0 saturated heterocycles. The largest absolute Gasteiger partial charge is 0.488 e. The lowest BCUT2D eigenvalue weighted by atomic mass is 10.1. The van der Waals surface area contributed by atoms with Gasteiger partial charge in [0.1, 0.15) is 11.4 Å². The van der Waals surface area contributed by atoms with Gasteiger partial charge in [-0.2, -0.15) is 0 Å². The maximum absolute atomic E-state index is 10.9. The number of hydrogen-bond acceptors (Lipinski definition) is 3. The van der Waals surface area contributed by atoms with Gasteiger partial charge in [0.05, 0.1) is 6.61 Å². The Kier molecular flexibility index (Phi) is 4.76. The predicted octanol–water partition coefficient (Wildman–Crippen LogP) is 2.96. The summed E-state index contributed by atoms with van der Waals surface area (Å²) >= 11 is 0. The smallest absolute Gasteiger partial charge is 0.330 e. The van der Waals surface area contributed by atoms with E-state index in [0.717, 1.165) is 11.8 Å². The van der Waals surface area contributed by atoms with Gasteiger partial charge in [0.15, 0.2) is 0 Å². The van der Waals surface area contributed by atoms with Gasteiger partial charge in [0, 0.05) is 12.5 Å². The van der Waals surface area contributed by atoms with Crippen LogP contribution in [-0.2, 0) is 9.53 Å². The molecule has 0 unspecified atom stereocenters. The quantitative estimate of drug-likeness (QED) is 0.560. The Hall–Kier alpha value is -1.77. The molecule has 0 heterocycles. The molecule has 0 aliphatic heterocycles. The standard InChI is InChI=1S/C14H18O3/c1-4-13(15)16-11-10-14(2,3)17-12-8-6-5-7-9-12/h4-9H,1,10-11H2,2-3H3. The number of esters is 1. The second-order valence-electron chi connectivity index (χ2n) is 4.30.